The Morgan fingerprint density at radius 1 is 0.321 bits per heavy atom. The summed E-state index contributed by atoms with van der Waals surface area (Å²) in [7, 11) is 0.795. The predicted molar refractivity (Wildman–Crippen MR) is 249 cm³/mol. The number of nitrogens with zero attached hydrogens (tertiary/aromatic N) is 1. The van der Waals surface area contributed by atoms with Crippen LogP contribution in [0.4, 0.5) is 0 Å². The fraction of sp³-hybridized carbons (Fsp3) is 1.00. The van der Waals surface area contributed by atoms with E-state index < -0.39 is 7.82 Å². The van der Waals surface area contributed by atoms with E-state index in [0.29, 0.717) is 0 Å². The zero-order valence-corrected chi connectivity index (χ0v) is 40.5. The average molecular weight is 816 g/mol. The van der Waals surface area contributed by atoms with Gasteiger partial charge in [-0.15, -0.1) is 0 Å². The fourth-order valence-electron chi connectivity index (χ4n) is 7.74. The summed E-state index contributed by atoms with van der Waals surface area (Å²) in [6.07, 6.45) is 53.5. The molecule has 0 saturated heterocycles. The van der Waals surface area contributed by atoms with Crippen molar-refractivity contribution in [3.05, 3.63) is 0 Å². The summed E-state index contributed by atoms with van der Waals surface area (Å²) < 4.78 is 22.9. The number of hydrogen-bond donors (Lipinski definition) is 0. The van der Waals surface area contributed by atoms with Gasteiger partial charge in [-0.25, -0.2) is 0 Å². The summed E-state index contributed by atoms with van der Waals surface area (Å²) in [5.74, 6) is 0. The van der Waals surface area contributed by atoms with Gasteiger partial charge in [0.1, 0.15) is 0 Å². The van der Waals surface area contributed by atoms with Crippen LogP contribution in [-0.2, 0) is 13.6 Å². The molecule has 0 unspecified atom stereocenters. The maximum atomic E-state index is 11.7. The van der Waals surface area contributed by atoms with Crippen LogP contribution in [0.15, 0.2) is 0 Å². The minimum atomic E-state index is -4.10. The van der Waals surface area contributed by atoms with Crippen molar-refractivity contribution in [2.24, 2.45) is 0 Å². The summed E-state index contributed by atoms with van der Waals surface area (Å²) in [6, 6.07) is 0. The summed E-state index contributed by atoms with van der Waals surface area (Å²) in [5.41, 5.74) is 0. The Kier molecular flexibility index (Phi) is 49.6. The van der Waals surface area contributed by atoms with E-state index in [-0.39, 0.29) is 13.2 Å². The zero-order valence-electron chi connectivity index (χ0n) is 39.6. The van der Waals surface area contributed by atoms with Crippen molar-refractivity contribution in [2.45, 2.75) is 285 Å². The lowest BCUT2D eigenvalue weighted by molar-refractivity contribution is -0.890. The molecular weight excluding hydrogens is 710 g/mol. The number of phosphoric ester groups is 1. The second kappa shape index (κ2) is 47.7. The van der Waals surface area contributed by atoms with Gasteiger partial charge in [0.15, 0.2) is 0 Å². The Bertz CT molecular complexity index is 707. The highest BCUT2D eigenvalue weighted by molar-refractivity contribution is 7.45. The average Bonchev–Trinajstić information content (AvgIpc) is 3.17. The molecule has 0 aliphatic carbocycles. The Labute approximate surface area is 354 Å². The summed E-state index contributed by atoms with van der Waals surface area (Å²) in [6.45, 7) is 12.4. The topological polar surface area (TPSA) is 58.6 Å². The van der Waals surface area contributed by atoms with Crippen molar-refractivity contribution >= 4 is 7.82 Å². The van der Waals surface area contributed by atoms with Gasteiger partial charge in [0.25, 0.3) is 7.82 Å². The number of phosphoric acid groups is 1. The van der Waals surface area contributed by atoms with E-state index in [1.165, 1.54) is 249 Å². The van der Waals surface area contributed by atoms with Crippen molar-refractivity contribution in [3.63, 3.8) is 0 Å². The molecule has 0 aromatic rings. The van der Waals surface area contributed by atoms with Crippen LogP contribution in [-0.4, -0.2) is 44.9 Å². The largest absolute Gasteiger partial charge is 0.756 e. The highest BCUT2D eigenvalue weighted by Gasteiger charge is 2.13. The van der Waals surface area contributed by atoms with Crippen LogP contribution in [0, 0.1) is 0 Å². The molecule has 6 heteroatoms. The van der Waals surface area contributed by atoms with Crippen LogP contribution in [0.25, 0.3) is 0 Å². The third-order valence-electron chi connectivity index (χ3n) is 11.7. The van der Waals surface area contributed by atoms with E-state index in [4.69, 9.17) is 9.05 Å². The lowest BCUT2D eigenvalue weighted by Gasteiger charge is -2.30. The quantitative estimate of drug-likeness (QED) is 0.0349. The smallest absolute Gasteiger partial charge is 0.267 e. The molecule has 0 heterocycles. The van der Waals surface area contributed by atoms with Crippen molar-refractivity contribution in [1.29, 1.82) is 0 Å². The van der Waals surface area contributed by atoms with E-state index in [1.54, 1.807) is 0 Å². The molecule has 5 nitrogen and oxygen atoms in total. The number of quaternary nitrogens is 1. The molecule has 0 atom stereocenters. The van der Waals surface area contributed by atoms with E-state index in [1.807, 2.05) is 0 Å². The Morgan fingerprint density at radius 2 is 0.500 bits per heavy atom. The summed E-state index contributed by atoms with van der Waals surface area (Å²) >= 11 is 0. The molecule has 0 aromatic carbocycles. The lowest BCUT2D eigenvalue weighted by atomic mass is 10.1. The molecule has 0 aromatic heterocycles. The van der Waals surface area contributed by atoms with Crippen LogP contribution in [0.3, 0.4) is 0 Å². The first-order valence-corrected chi connectivity index (χ1v) is 27.1. The molecule has 0 aliphatic heterocycles. The SMILES string of the molecule is CCCCCCCCCCCCOP(=O)([O-])OCCCCCCCCCCCC.CCCCCCCCCCCC[N+](C)(C)CCCCCCCCCCCC. The van der Waals surface area contributed by atoms with Crippen LogP contribution >= 0.6 is 7.82 Å². The minimum Gasteiger partial charge on any atom is -0.756 e. The lowest BCUT2D eigenvalue weighted by Crippen LogP contribution is -2.41. The molecule has 0 saturated carbocycles. The first-order valence-electron chi connectivity index (χ1n) is 25.7. The molecule has 340 valence electrons. The van der Waals surface area contributed by atoms with Gasteiger partial charge in [0.05, 0.1) is 40.4 Å². The van der Waals surface area contributed by atoms with E-state index >= 15 is 0 Å². The maximum absolute atomic E-state index is 11.7. The molecule has 0 amide bonds. The highest BCUT2D eigenvalue weighted by atomic mass is 31.2. The molecule has 0 aliphatic rings. The third-order valence-corrected chi connectivity index (χ3v) is 12.7. The number of rotatable bonds is 46. The van der Waals surface area contributed by atoms with Crippen molar-refractivity contribution in [2.75, 3.05) is 40.4 Å². The van der Waals surface area contributed by atoms with E-state index in [9.17, 15) is 9.46 Å². The van der Waals surface area contributed by atoms with Crippen molar-refractivity contribution in [3.8, 4) is 0 Å². The Morgan fingerprint density at radius 3 is 0.714 bits per heavy atom. The van der Waals surface area contributed by atoms with E-state index in [0.717, 1.165) is 25.7 Å². The van der Waals surface area contributed by atoms with Crippen LogP contribution in [0.2, 0.25) is 0 Å². The van der Waals surface area contributed by atoms with Gasteiger partial charge in [0.2, 0.25) is 0 Å². The Balaban J connectivity index is 0. The molecule has 0 N–H and O–H groups in total. The van der Waals surface area contributed by atoms with Crippen molar-refractivity contribution in [1.82, 2.24) is 0 Å². The minimum absolute atomic E-state index is 0.259. The molecule has 0 fully saturated rings. The van der Waals surface area contributed by atoms with E-state index in [2.05, 4.69) is 41.8 Å². The molecule has 56 heavy (non-hydrogen) atoms. The van der Waals surface area contributed by atoms with Gasteiger partial charge in [-0.3, -0.25) is 4.57 Å². The summed E-state index contributed by atoms with van der Waals surface area (Å²) in [5, 5.41) is 0. The molecule has 0 bridgehead atoms. The van der Waals surface area contributed by atoms with Crippen LogP contribution in [0.5, 0.6) is 0 Å². The second-order valence-corrected chi connectivity index (χ2v) is 19.6. The van der Waals surface area contributed by atoms with Crippen LogP contribution < -0.4 is 4.89 Å². The molecule has 0 spiro atoms. The highest BCUT2D eigenvalue weighted by Crippen LogP contribution is 2.38. The summed E-state index contributed by atoms with van der Waals surface area (Å²) in [4.78, 5) is 11.7. The second-order valence-electron chi connectivity index (χ2n) is 18.2. The monoisotopic (exact) mass is 816 g/mol. The fourth-order valence-corrected chi connectivity index (χ4v) is 8.52. The molecular formula is C50H106NO4P. The maximum Gasteiger partial charge on any atom is 0.267 e. The van der Waals surface area contributed by atoms with Gasteiger partial charge >= 0.3 is 0 Å². The predicted octanol–water partition coefficient (Wildman–Crippen LogP) is 17.2. The standard InChI is InChI=1S/C26H56N.C24H51O4P/c1-5-7-9-11-13-15-17-19-21-23-25-27(3,4)26-24-22-20-18-16-14-12-10-8-6-2;1-3-5-7-9-11-13-15-17-19-21-23-27-29(25,26)28-24-22-20-18-16-14-12-10-8-6-4-2/h5-26H2,1-4H3;3-24H2,1-2H3,(H,25,26)/q+1;/p-1. The van der Waals surface area contributed by atoms with Crippen molar-refractivity contribution < 1.29 is 23.0 Å². The van der Waals surface area contributed by atoms with Gasteiger partial charge < -0.3 is 18.4 Å². The first-order chi connectivity index (χ1) is 27.2. The van der Waals surface area contributed by atoms with Gasteiger partial charge in [0, 0.05) is 0 Å². The molecule has 0 radical (unpaired) electrons. The Hall–Kier alpha value is 0.0700. The number of hydrogen-bond acceptors (Lipinski definition) is 4. The first kappa shape index (κ1) is 58.2. The molecule has 0 rings (SSSR count). The van der Waals surface area contributed by atoms with Gasteiger partial charge in [-0.2, -0.15) is 0 Å². The third kappa shape index (κ3) is 52.1. The normalized spacial score (nSPS) is 12.0. The van der Waals surface area contributed by atoms with Crippen LogP contribution in [0.1, 0.15) is 285 Å². The number of unbranched alkanes of at least 4 members (excludes halogenated alkanes) is 36. The van der Waals surface area contributed by atoms with Gasteiger partial charge in [-0.05, 0) is 38.5 Å². The van der Waals surface area contributed by atoms with Gasteiger partial charge in [-0.1, -0.05) is 246 Å². The zero-order chi connectivity index (χ0) is 41.5.